The summed E-state index contributed by atoms with van der Waals surface area (Å²) < 4.78 is 5.25. The summed E-state index contributed by atoms with van der Waals surface area (Å²) in [4.78, 5) is 36.5. The van der Waals surface area contributed by atoms with E-state index < -0.39 is 4.92 Å². The second kappa shape index (κ2) is 9.61. The van der Waals surface area contributed by atoms with Crippen molar-refractivity contribution in [3.8, 4) is 0 Å². The number of carbonyl (C=O) groups is 2. The molecule has 0 radical (unpaired) electrons. The van der Waals surface area contributed by atoms with Crippen LogP contribution in [0.2, 0.25) is 0 Å². The van der Waals surface area contributed by atoms with Gasteiger partial charge in [0.15, 0.2) is 0 Å². The molecule has 8 heteroatoms. The molecule has 0 unspecified atom stereocenters. The van der Waals surface area contributed by atoms with E-state index in [9.17, 15) is 19.7 Å². The predicted octanol–water partition coefficient (Wildman–Crippen LogP) is 2.40. The van der Waals surface area contributed by atoms with Gasteiger partial charge in [-0.25, -0.2) is 0 Å². The normalized spacial score (nSPS) is 14.0. The highest BCUT2D eigenvalue weighted by atomic mass is 16.6. The van der Waals surface area contributed by atoms with Crippen LogP contribution in [-0.4, -0.2) is 47.9 Å². The van der Waals surface area contributed by atoms with Crippen LogP contribution in [-0.2, 0) is 16.1 Å². The topological polar surface area (TPSA) is 102 Å². The first kappa shape index (κ1) is 20.2. The van der Waals surface area contributed by atoms with Gasteiger partial charge >= 0.3 is 0 Å². The van der Waals surface area contributed by atoms with Gasteiger partial charge in [-0.05, 0) is 29.3 Å². The zero-order valence-electron chi connectivity index (χ0n) is 15.7. The Morgan fingerprint density at radius 1 is 1.14 bits per heavy atom. The number of nitro groups is 1. The highest BCUT2D eigenvalue weighted by Gasteiger charge is 2.18. The van der Waals surface area contributed by atoms with Crippen LogP contribution in [0, 0.1) is 10.1 Å². The van der Waals surface area contributed by atoms with Crippen LogP contribution < -0.4 is 5.32 Å². The van der Waals surface area contributed by atoms with E-state index in [0.717, 1.165) is 5.56 Å². The van der Waals surface area contributed by atoms with Crippen molar-refractivity contribution in [3.63, 3.8) is 0 Å². The van der Waals surface area contributed by atoms with E-state index in [1.807, 2.05) is 0 Å². The minimum absolute atomic E-state index is 0.0243. The molecule has 0 spiro atoms. The van der Waals surface area contributed by atoms with Gasteiger partial charge in [-0.3, -0.25) is 19.7 Å². The Hall–Kier alpha value is -3.52. The largest absolute Gasteiger partial charge is 0.378 e. The molecule has 1 saturated heterocycles. The first-order valence-corrected chi connectivity index (χ1v) is 9.19. The Bertz CT molecular complexity index is 918. The van der Waals surface area contributed by atoms with Crippen LogP contribution in [0.4, 0.5) is 5.69 Å². The maximum absolute atomic E-state index is 12.4. The van der Waals surface area contributed by atoms with Crippen molar-refractivity contribution in [2.24, 2.45) is 0 Å². The summed E-state index contributed by atoms with van der Waals surface area (Å²) in [5.74, 6) is -0.339. The second-order valence-corrected chi connectivity index (χ2v) is 6.50. The van der Waals surface area contributed by atoms with E-state index in [1.54, 1.807) is 41.3 Å². The Labute approximate surface area is 167 Å². The minimum Gasteiger partial charge on any atom is -0.378 e. The van der Waals surface area contributed by atoms with Crippen LogP contribution in [0.5, 0.6) is 0 Å². The number of hydrogen-bond acceptors (Lipinski definition) is 5. The van der Waals surface area contributed by atoms with E-state index in [-0.39, 0.29) is 17.5 Å². The van der Waals surface area contributed by atoms with Crippen molar-refractivity contribution in [3.05, 3.63) is 81.4 Å². The molecule has 1 N–H and O–H groups in total. The van der Waals surface area contributed by atoms with E-state index >= 15 is 0 Å². The molecular formula is C21H21N3O5. The van der Waals surface area contributed by atoms with E-state index in [1.165, 1.54) is 24.3 Å². The number of hydrogen-bond donors (Lipinski definition) is 1. The van der Waals surface area contributed by atoms with Crippen LogP contribution in [0.1, 0.15) is 21.5 Å². The molecule has 1 aliphatic rings. The van der Waals surface area contributed by atoms with E-state index in [0.29, 0.717) is 44.0 Å². The number of carbonyl (C=O) groups excluding carboxylic acids is 2. The van der Waals surface area contributed by atoms with Gasteiger partial charge in [-0.2, -0.15) is 0 Å². The fourth-order valence-electron chi connectivity index (χ4n) is 2.88. The highest BCUT2D eigenvalue weighted by Crippen LogP contribution is 2.14. The summed E-state index contributed by atoms with van der Waals surface area (Å²) >= 11 is 0. The maximum Gasteiger partial charge on any atom is 0.270 e. The van der Waals surface area contributed by atoms with Crippen LogP contribution in [0.15, 0.2) is 54.6 Å². The second-order valence-electron chi connectivity index (χ2n) is 6.50. The monoisotopic (exact) mass is 395 g/mol. The zero-order chi connectivity index (χ0) is 20.6. The molecule has 2 aromatic carbocycles. The number of non-ortho nitro benzene ring substituents is 1. The molecular weight excluding hydrogens is 374 g/mol. The fraction of sp³-hybridized carbons (Fsp3) is 0.238. The lowest BCUT2D eigenvalue weighted by Gasteiger charge is -2.26. The summed E-state index contributed by atoms with van der Waals surface area (Å²) in [5.41, 5.74) is 2.01. The van der Waals surface area contributed by atoms with E-state index in [2.05, 4.69) is 5.32 Å². The van der Waals surface area contributed by atoms with Gasteiger partial charge in [0, 0.05) is 43.4 Å². The maximum atomic E-state index is 12.4. The Kier molecular flexibility index (Phi) is 6.70. The number of amides is 2. The van der Waals surface area contributed by atoms with Crippen molar-refractivity contribution in [2.45, 2.75) is 6.54 Å². The number of morpholine rings is 1. The molecule has 1 aliphatic heterocycles. The number of ether oxygens (including phenoxy) is 1. The van der Waals surface area contributed by atoms with Gasteiger partial charge in [0.05, 0.1) is 18.1 Å². The highest BCUT2D eigenvalue weighted by molar-refractivity contribution is 5.94. The van der Waals surface area contributed by atoms with Gasteiger partial charge in [-0.15, -0.1) is 0 Å². The SMILES string of the molecule is O=C(C=Cc1cccc([N+](=O)[O-])c1)NCc1ccc(C(=O)N2CCOCC2)cc1. The Morgan fingerprint density at radius 3 is 2.55 bits per heavy atom. The van der Waals surface area contributed by atoms with Crippen molar-refractivity contribution in [1.82, 2.24) is 10.2 Å². The lowest BCUT2D eigenvalue weighted by molar-refractivity contribution is -0.384. The molecule has 2 amide bonds. The molecule has 0 aliphatic carbocycles. The van der Waals surface area contributed by atoms with Crippen LogP contribution >= 0.6 is 0 Å². The van der Waals surface area contributed by atoms with Gasteiger partial charge < -0.3 is 15.0 Å². The summed E-state index contributed by atoms with van der Waals surface area (Å²) in [6.45, 7) is 2.60. The number of rotatable bonds is 6. The molecule has 0 bridgehead atoms. The molecule has 2 aromatic rings. The third-order valence-electron chi connectivity index (χ3n) is 4.47. The molecule has 1 fully saturated rings. The predicted molar refractivity (Wildman–Crippen MR) is 107 cm³/mol. The van der Waals surface area contributed by atoms with E-state index in [4.69, 9.17) is 4.74 Å². The van der Waals surface area contributed by atoms with Gasteiger partial charge in [0.1, 0.15) is 0 Å². The number of nitrogens with zero attached hydrogens (tertiary/aromatic N) is 2. The summed E-state index contributed by atoms with van der Waals surface area (Å²) in [6, 6.07) is 13.1. The molecule has 0 saturated carbocycles. The molecule has 0 atom stereocenters. The summed E-state index contributed by atoms with van der Waals surface area (Å²) in [7, 11) is 0. The van der Waals surface area contributed by atoms with Crippen LogP contribution in [0.25, 0.3) is 6.08 Å². The first-order valence-electron chi connectivity index (χ1n) is 9.19. The fourth-order valence-corrected chi connectivity index (χ4v) is 2.88. The van der Waals surface area contributed by atoms with Crippen molar-refractivity contribution < 1.29 is 19.2 Å². The van der Waals surface area contributed by atoms with Gasteiger partial charge in [0.25, 0.3) is 11.6 Å². The third kappa shape index (κ3) is 5.73. The summed E-state index contributed by atoms with van der Waals surface area (Å²) in [6.07, 6.45) is 2.85. The third-order valence-corrected chi connectivity index (χ3v) is 4.47. The molecule has 29 heavy (non-hydrogen) atoms. The first-order chi connectivity index (χ1) is 14.0. The number of nitro benzene ring substituents is 1. The average molecular weight is 395 g/mol. The lowest BCUT2D eigenvalue weighted by Crippen LogP contribution is -2.40. The smallest absolute Gasteiger partial charge is 0.270 e. The Balaban J connectivity index is 1.51. The lowest BCUT2D eigenvalue weighted by atomic mass is 10.1. The number of benzene rings is 2. The molecule has 3 rings (SSSR count). The molecule has 150 valence electrons. The standard InChI is InChI=1S/C21H21N3O5/c25-20(9-6-16-2-1-3-19(14-16)24(27)28)22-15-17-4-7-18(8-5-17)21(26)23-10-12-29-13-11-23/h1-9,14H,10-13,15H2,(H,22,25). The molecule has 1 heterocycles. The molecule has 0 aromatic heterocycles. The quantitative estimate of drug-likeness (QED) is 0.460. The van der Waals surface area contributed by atoms with Crippen molar-refractivity contribution >= 4 is 23.6 Å². The summed E-state index contributed by atoms with van der Waals surface area (Å²) in [5, 5.41) is 13.5. The zero-order valence-corrected chi connectivity index (χ0v) is 15.7. The Morgan fingerprint density at radius 2 is 1.86 bits per heavy atom. The van der Waals surface area contributed by atoms with Crippen LogP contribution in [0.3, 0.4) is 0 Å². The van der Waals surface area contributed by atoms with Crippen molar-refractivity contribution in [2.75, 3.05) is 26.3 Å². The van der Waals surface area contributed by atoms with Crippen molar-refractivity contribution in [1.29, 1.82) is 0 Å². The van der Waals surface area contributed by atoms with Gasteiger partial charge in [-0.1, -0.05) is 24.3 Å². The average Bonchev–Trinajstić information content (AvgIpc) is 2.77. The molecule has 8 nitrogen and oxygen atoms in total. The minimum atomic E-state index is -0.481. The number of nitrogens with one attached hydrogen (secondary N) is 1. The van der Waals surface area contributed by atoms with Gasteiger partial charge in [0.2, 0.25) is 5.91 Å².